The van der Waals surface area contributed by atoms with Gasteiger partial charge in [-0.05, 0) is 29.3 Å². The molecule has 2 aromatic carbocycles. The molecule has 0 amide bonds. The third-order valence-electron chi connectivity index (χ3n) is 3.67. The first-order valence-corrected chi connectivity index (χ1v) is 6.61. The number of aliphatic hydroxyl groups is 1. The molecule has 1 aliphatic rings. The Labute approximate surface area is 118 Å². The van der Waals surface area contributed by atoms with Gasteiger partial charge in [-0.3, -0.25) is 0 Å². The Kier molecular flexibility index (Phi) is 3.20. The van der Waals surface area contributed by atoms with Crippen LogP contribution in [0.5, 0.6) is 0 Å². The Hall–Kier alpha value is -2.26. The van der Waals surface area contributed by atoms with Gasteiger partial charge in [-0.15, -0.1) is 0 Å². The third-order valence-corrected chi connectivity index (χ3v) is 3.67. The minimum atomic E-state index is -0.907. The fourth-order valence-corrected chi connectivity index (χ4v) is 2.55. The molecule has 2 N–H and O–H groups in total. The lowest BCUT2D eigenvalue weighted by atomic mass is 9.89. The number of nitrogens with one attached hydrogen (secondary N) is 1. The van der Waals surface area contributed by atoms with Gasteiger partial charge in [0.2, 0.25) is 5.72 Å². The Morgan fingerprint density at radius 1 is 1.05 bits per heavy atom. The molecule has 0 bridgehead atoms. The van der Waals surface area contributed by atoms with Crippen LogP contribution in [0.2, 0.25) is 0 Å². The summed E-state index contributed by atoms with van der Waals surface area (Å²) in [5.41, 5.74) is 2.19. The van der Waals surface area contributed by atoms with Crippen LogP contribution in [0.4, 0.5) is 5.69 Å². The summed E-state index contributed by atoms with van der Waals surface area (Å²) < 4.78 is 5.62. The molecule has 0 saturated heterocycles. The first-order valence-electron chi connectivity index (χ1n) is 6.61. The van der Waals surface area contributed by atoms with Gasteiger partial charge in [0.25, 0.3) is 0 Å². The van der Waals surface area contributed by atoms with Crippen molar-refractivity contribution in [1.82, 2.24) is 0 Å². The number of hydrogen-bond donors (Lipinski definition) is 2. The molecule has 0 heterocycles. The molecule has 3 rings (SSSR count). The number of aliphatic hydroxyl groups excluding tert-OH is 1. The number of para-hydroxylation sites is 1. The predicted octanol–water partition coefficient (Wildman–Crippen LogP) is 3.60. The molecule has 1 atom stereocenters. The second kappa shape index (κ2) is 5.02. The minimum Gasteiger partial charge on any atom is -0.507 e. The van der Waals surface area contributed by atoms with Gasteiger partial charge < -0.3 is 15.2 Å². The molecule has 3 nitrogen and oxygen atoms in total. The SMILES string of the molecule is COC1(Nc2ccccc2)Cc2ccccc2C=C1O. The minimum absolute atomic E-state index is 0.197. The molecule has 102 valence electrons. The molecule has 0 aromatic heterocycles. The summed E-state index contributed by atoms with van der Waals surface area (Å²) in [7, 11) is 1.61. The Balaban J connectivity index is 1.98. The second-order valence-electron chi connectivity index (χ2n) is 4.93. The van der Waals surface area contributed by atoms with Crippen molar-refractivity contribution in [2.24, 2.45) is 0 Å². The highest BCUT2D eigenvalue weighted by Gasteiger charge is 2.38. The molecular weight excluding hydrogens is 250 g/mol. The van der Waals surface area contributed by atoms with Gasteiger partial charge in [-0.2, -0.15) is 0 Å². The van der Waals surface area contributed by atoms with Gasteiger partial charge in [0.15, 0.2) is 0 Å². The monoisotopic (exact) mass is 267 g/mol. The molecule has 0 spiro atoms. The van der Waals surface area contributed by atoms with E-state index in [1.54, 1.807) is 13.2 Å². The zero-order valence-electron chi connectivity index (χ0n) is 11.3. The van der Waals surface area contributed by atoms with Crippen LogP contribution < -0.4 is 5.32 Å². The molecule has 0 fully saturated rings. The van der Waals surface area contributed by atoms with Crippen molar-refractivity contribution in [2.75, 3.05) is 12.4 Å². The van der Waals surface area contributed by atoms with E-state index in [9.17, 15) is 5.11 Å². The van der Waals surface area contributed by atoms with Crippen LogP contribution in [0.1, 0.15) is 11.1 Å². The van der Waals surface area contributed by atoms with E-state index in [0.717, 1.165) is 16.8 Å². The molecule has 0 aliphatic heterocycles. The summed E-state index contributed by atoms with van der Waals surface area (Å²) in [6.45, 7) is 0. The largest absolute Gasteiger partial charge is 0.507 e. The Morgan fingerprint density at radius 3 is 2.50 bits per heavy atom. The number of rotatable bonds is 3. The number of hydrogen-bond acceptors (Lipinski definition) is 3. The number of benzene rings is 2. The quantitative estimate of drug-likeness (QED) is 0.835. The lowest BCUT2D eigenvalue weighted by Crippen LogP contribution is -2.46. The Morgan fingerprint density at radius 2 is 1.75 bits per heavy atom. The van der Waals surface area contributed by atoms with Crippen molar-refractivity contribution < 1.29 is 9.84 Å². The third kappa shape index (κ3) is 2.17. The smallest absolute Gasteiger partial charge is 0.200 e. The molecule has 0 radical (unpaired) electrons. The van der Waals surface area contributed by atoms with E-state index < -0.39 is 5.72 Å². The average Bonchev–Trinajstić information content (AvgIpc) is 2.49. The molecule has 1 unspecified atom stereocenters. The van der Waals surface area contributed by atoms with Crippen LogP contribution in [0.3, 0.4) is 0 Å². The lowest BCUT2D eigenvalue weighted by Gasteiger charge is -2.36. The summed E-state index contributed by atoms with van der Waals surface area (Å²) in [5.74, 6) is 0.197. The summed E-state index contributed by atoms with van der Waals surface area (Å²) in [4.78, 5) is 0. The van der Waals surface area contributed by atoms with E-state index in [1.807, 2.05) is 48.5 Å². The van der Waals surface area contributed by atoms with Crippen LogP contribution in [0.15, 0.2) is 60.4 Å². The number of fused-ring (bicyclic) bond motifs is 1. The first-order chi connectivity index (χ1) is 9.73. The highest BCUT2D eigenvalue weighted by atomic mass is 16.5. The van der Waals surface area contributed by atoms with Gasteiger partial charge in [-0.1, -0.05) is 42.5 Å². The molecule has 20 heavy (non-hydrogen) atoms. The van der Waals surface area contributed by atoms with Crippen molar-refractivity contribution in [1.29, 1.82) is 0 Å². The van der Waals surface area contributed by atoms with Crippen molar-refractivity contribution in [3.63, 3.8) is 0 Å². The molecule has 2 aromatic rings. The summed E-state index contributed by atoms with van der Waals surface area (Å²) in [6.07, 6.45) is 2.34. The van der Waals surface area contributed by atoms with Crippen LogP contribution in [-0.4, -0.2) is 17.9 Å². The molecular formula is C17H17NO2. The van der Waals surface area contributed by atoms with Crippen molar-refractivity contribution in [3.8, 4) is 0 Å². The van der Waals surface area contributed by atoms with Crippen LogP contribution >= 0.6 is 0 Å². The van der Waals surface area contributed by atoms with E-state index in [2.05, 4.69) is 11.4 Å². The summed E-state index contributed by atoms with van der Waals surface area (Å²) >= 11 is 0. The van der Waals surface area contributed by atoms with Gasteiger partial charge in [0.1, 0.15) is 5.76 Å². The highest BCUT2D eigenvalue weighted by Crippen LogP contribution is 2.33. The fourth-order valence-electron chi connectivity index (χ4n) is 2.55. The van der Waals surface area contributed by atoms with Crippen molar-refractivity contribution in [3.05, 3.63) is 71.5 Å². The second-order valence-corrected chi connectivity index (χ2v) is 4.93. The summed E-state index contributed by atoms with van der Waals surface area (Å²) in [6, 6.07) is 17.8. The zero-order valence-corrected chi connectivity index (χ0v) is 11.3. The topological polar surface area (TPSA) is 41.5 Å². The van der Waals surface area contributed by atoms with E-state index in [4.69, 9.17) is 4.74 Å². The molecule has 3 heteroatoms. The molecule has 1 aliphatic carbocycles. The van der Waals surface area contributed by atoms with Gasteiger partial charge in [0, 0.05) is 19.2 Å². The van der Waals surface area contributed by atoms with Crippen LogP contribution in [0.25, 0.3) is 6.08 Å². The van der Waals surface area contributed by atoms with E-state index in [-0.39, 0.29) is 5.76 Å². The number of ether oxygens (including phenoxy) is 1. The van der Waals surface area contributed by atoms with E-state index in [0.29, 0.717) is 6.42 Å². The molecule has 0 saturated carbocycles. The van der Waals surface area contributed by atoms with E-state index in [1.165, 1.54) is 0 Å². The Bertz CT molecular complexity index is 636. The summed E-state index contributed by atoms with van der Waals surface area (Å²) in [5, 5.41) is 13.7. The zero-order chi connectivity index (χ0) is 14.0. The maximum Gasteiger partial charge on any atom is 0.200 e. The first kappa shape index (κ1) is 12.8. The van der Waals surface area contributed by atoms with Gasteiger partial charge >= 0.3 is 0 Å². The van der Waals surface area contributed by atoms with Crippen LogP contribution in [-0.2, 0) is 11.2 Å². The standard InChI is InChI=1S/C17H17NO2/c1-20-17(18-15-9-3-2-4-10-15)12-14-8-6-5-7-13(14)11-16(17)19/h2-11,18-19H,12H2,1H3. The predicted molar refractivity (Wildman–Crippen MR) is 80.6 cm³/mol. The highest BCUT2D eigenvalue weighted by molar-refractivity contribution is 5.63. The normalized spacial score (nSPS) is 20.9. The maximum absolute atomic E-state index is 10.4. The number of methoxy groups -OCH3 is 1. The van der Waals surface area contributed by atoms with Crippen molar-refractivity contribution >= 4 is 11.8 Å². The average molecular weight is 267 g/mol. The maximum atomic E-state index is 10.4. The lowest BCUT2D eigenvalue weighted by molar-refractivity contribution is 0.0129. The fraction of sp³-hybridized carbons (Fsp3) is 0.176. The van der Waals surface area contributed by atoms with E-state index >= 15 is 0 Å². The number of anilines is 1. The van der Waals surface area contributed by atoms with Gasteiger partial charge in [-0.25, -0.2) is 0 Å². The van der Waals surface area contributed by atoms with Crippen LogP contribution in [0, 0.1) is 0 Å². The van der Waals surface area contributed by atoms with Gasteiger partial charge in [0.05, 0.1) is 0 Å². The van der Waals surface area contributed by atoms with Crippen molar-refractivity contribution in [2.45, 2.75) is 12.1 Å².